The maximum atomic E-state index is 7.53. The van der Waals surface area contributed by atoms with Crippen molar-refractivity contribution in [2.75, 3.05) is 20.1 Å². The van der Waals surface area contributed by atoms with Crippen LogP contribution in [0, 0.1) is 5.41 Å². The fourth-order valence-corrected chi connectivity index (χ4v) is 2.30. The van der Waals surface area contributed by atoms with Crippen molar-refractivity contribution in [2.24, 2.45) is 5.73 Å². The quantitative estimate of drug-likeness (QED) is 0.637. The second-order valence-electron chi connectivity index (χ2n) is 4.32. The molecule has 1 aliphatic heterocycles. The smallest absolute Gasteiger partial charge is 0.132 e. The van der Waals surface area contributed by atoms with Gasteiger partial charge in [0.15, 0.2) is 0 Å². The number of halogens is 1. The zero-order chi connectivity index (χ0) is 12.4. The molecule has 3 N–H and O–H groups in total. The van der Waals surface area contributed by atoms with Crippen LogP contribution in [0.25, 0.3) is 0 Å². The number of amidine groups is 1. The molecule has 1 unspecified atom stereocenters. The van der Waals surface area contributed by atoms with Gasteiger partial charge in [0, 0.05) is 13.1 Å². The lowest BCUT2D eigenvalue weighted by atomic mass is 10.2. The molecule has 4 nitrogen and oxygen atoms in total. The van der Waals surface area contributed by atoms with Gasteiger partial charge in [-0.25, -0.2) is 0 Å². The van der Waals surface area contributed by atoms with E-state index in [0.717, 1.165) is 19.5 Å². The molecule has 0 spiro atoms. The molecule has 0 bridgehead atoms. The average Bonchev–Trinajstić information content (AvgIpc) is 2.63. The van der Waals surface area contributed by atoms with Crippen LogP contribution < -0.4 is 10.5 Å². The van der Waals surface area contributed by atoms with Crippen LogP contribution in [0.5, 0.6) is 5.75 Å². The van der Waals surface area contributed by atoms with Crippen LogP contribution in [-0.2, 0) is 0 Å². The Labute approximate surface area is 106 Å². The zero-order valence-electron chi connectivity index (χ0n) is 9.74. The summed E-state index contributed by atoms with van der Waals surface area (Å²) >= 11 is 6.03. The van der Waals surface area contributed by atoms with Gasteiger partial charge in [0.05, 0.1) is 10.6 Å². The first-order valence-corrected chi connectivity index (χ1v) is 5.94. The predicted molar refractivity (Wildman–Crippen MR) is 69.0 cm³/mol. The Balaban J connectivity index is 2.20. The molecule has 92 valence electrons. The van der Waals surface area contributed by atoms with E-state index in [1.165, 1.54) is 0 Å². The van der Waals surface area contributed by atoms with Gasteiger partial charge in [-0.05, 0) is 25.6 Å². The van der Waals surface area contributed by atoms with Crippen LogP contribution in [-0.4, -0.2) is 37.0 Å². The monoisotopic (exact) mass is 253 g/mol. The standard InChI is InChI=1S/C12H16ClN3O/c1-16-6-5-8(7-16)17-10-4-2-3-9(13)11(10)12(14)15/h2-4,8H,5-7H2,1H3,(H3,14,15). The van der Waals surface area contributed by atoms with E-state index in [1.54, 1.807) is 12.1 Å². The second-order valence-corrected chi connectivity index (χ2v) is 4.72. The van der Waals surface area contributed by atoms with Gasteiger partial charge >= 0.3 is 0 Å². The van der Waals surface area contributed by atoms with Crippen molar-refractivity contribution in [2.45, 2.75) is 12.5 Å². The van der Waals surface area contributed by atoms with Gasteiger partial charge in [-0.15, -0.1) is 0 Å². The third-order valence-corrected chi connectivity index (χ3v) is 3.20. The molecular weight excluding hydrogens is 238 g/mol. The molecule has 1 atom stereocenters. The summed E-state index contributed by atoms with van der Waals surface area (Å²) in [6.07, 6.45) is 1.14. The van der Waals surface area contributed by atoms with Crippen molar-refractivity contribution < 1.29 is 4.74 Å². The van der Waals surface area contributed by atoms with Crippen molar-refractivity contribution in [3.63, 3.8) is 0 Å². The molecule has 0 saturated carbocycles. The second kappa shape index (κ2) is 4.94. The Morgan fingerprint density at radius 2 is 2.35 bits per heavy atom. The first-order valence-electron chi connectivity index (χ1n) is 5.56. The minimum absolute atomic E-state index is 0.0584. The number of nitrogens with zero attached hydrogens (tertiary/aromatic N) is 1. The molecule has 0 aromatic heterocycles. The van der Waals surface area contributed by atoms with Crippen molar-refractivity contribution >= 4 is 17.4 Å². The van der Waals surface area contributed by atoms with Crippen molar-refractivity contribution in [3.05, 3.63) is 28.8 Å². The molecule has 0 amide bonds. The molecule has 1 heterocycles. The van der Waals surface area contributed by atoms with Crippen LogP contribution >= 0.6 is 11.6 Å². The van der Waals surface area contributed by atoms with Gasteiger partial charge < -0.3 is 15.4 Å². The van der Waals surface area contributed by atoms with E-state index in [0.29, 0.717) is 16.3 Å². The van der Waals surface area contributed by atoms with Gasteiger partial charge in [-0.3, -0.25) is 5.41 Å². The molecule has 1 fully saturated rings. The summed E-state index contributed by atoms with van der Waals surface area (Å²) in [5.41, 5.74) is 6.01. The summed E-state index contributed by atoms with van der Waals surface area (Å²) < 4.78 is 5.87. The number of benzene rings is 1. The maximum Gasteiger partial charge on any atom is 0.132 e. The van der Waals surface area contributed by atoms with E-state index >= 15 is 0 Å². The minimum Gasteiger partial charge on any atom is -0.488 e. The van der Waals surface area contributed by atoms with Crippen molar-refractivity contribution in [1.82, 2.24) is 4.90 Å². The predicted octanol–water partition coefficient (Wildman–Crippen LogP) is 1.71. The van der Waals surface area contributed by atoms with Crippen LogP contribution in [0.15, 0.2) is 18.2 Å². The number of ether oxygens (including phenoxy) is 1. The first-order chi connectivity index (χ1) is 8.08. The van der Waals surface area contributed by atoms with Crippen LogP contribution in [0.3, 0.4) is 0 Å². The number of nitrogen functional groups attached to an aromatic ring is 1. The Morgan fingerprint density at radius 3 is 2.94 bits per heavy atom. The van der Waals surface area contributed by atoms with Crippen LogP contribution in [0.4, 0.5) is 0 Å². The van der Waals surface area contributed by atoms with Gasteiger partial charge in [-0.1, -0.05) is 17.7 Å². The summed E-state index contributed by atoms with van der Waals surface area (Å²) in [6, 6.07) is 5.33. The fraction of sp³-hybridized carbons (Fsp3) is 0.417. The topological polar surface area (TPSA) is 62.3 Å². The fourth-order valence-electron chi connectivity index (χ4n) is 2.03. The maximum absolute atomic E-state index is 7.53. The highest BCUT2D eigenvalue weighted by Gasteiger charge is 2.22. The molecule has 1 aliphatic rings. The number of likely N-dealkylation sites (tertiary alicyclic amines) is 1. The number of hydrogen-bond acceptors (Lipinski definition) is 3. The highest BCUT2D eigenvalue weighted by atomic mass is 35.5. The molecular formula is C12H16ClN3O. The Bertz CT molecular complexity index is 436. The highest BCUT2D eigenvalue weighted by Crippen LogP contribution is 2.28. The number of hydrogen-bond donors (Lipinski definition) is 2. The number of nitrogens with two attached hydrogens (primary N) is 1. The summed E-state index contributed by atoms with van der Waals surface area (Å²) in [5, 5.41) is 7.99. The number of nitrogens with one attached hydrogen (secondary N) is 1. The van der Waals surface area contributed by atoms with Gasteiger partial charge in [0.25, 0.3) is 0 Å². The zero-order valence-corrected chi connectivity index (χ0v) is 10.5. The third kappa shape index (κ3) is 2.70. The molecule has 0 aliphatic carbocycles. The van der Waals surface area contributed by atoms with Gasteiger partial charge in [-0.2, -0.15) is 0 Å². The van der Waals surface area contributed by atoms with E-state index in [2.05, 4.69) is 11.9 Å². The minimum atomic E-state index is -0.0584. The normalized spacial score (nSPS) is 20.5. The summed E-state index contributed by atoms with van der Waals surface area (Å²) in [5.74, 6) is 0.544. The highest BCUT2D eigenvalue weighted by molar-refractivity contribution is 6.34. The lowest BCUT2D eigenvalue weighted by Gasteiger charge is -2.17. The molecule has 17 heavy (non-hydrogen) atoms. The molecule has 2 rings (SSSR count). The van der Waals surface area contributed by atoms with Gasteiger partial charge in [0.2, 0.25) is 0 Å². The van der Waals surface area contributed by atoms with E-state index in [-0.39, 0.29) is 11.9 Å². The Kier molecular flexibility index (Phi) is 3.54. The van der Waals surface area contributed by atoms with E-state index in [9.17, 15) is 0 Å². The Hall–Kier alpha value is -1.26. The largest absolute Gasteiger partial charge is 0.488 e. The summed E-state index contributed by atoms with van der Waals surface area (Å²) in [4.78, 5) is 2.21. The molecule has 5 heteroatoms. The van der Waals surface area contributed by atoms with E-state index < -0.39 is 0 Å². The molecule has 1 aromatic rings. The van der Waals surface area contributed by atoms with E-state index in [4.69, 9.17) is 27.5 Å². The van der Waals surface area contributed by atoms with Gasteiger partial charge in [0.1, 0.15) is 17.7 Å². The number of likely N-dealkylation sites (N-methyl/N-ethyl adjacent to an activating group) is 1. The lowest BCUT2D eigenvalue weighted by Crippen LogP contribution is -2.23. The summed E-state index contributed by atoms with van der Waals surface area (Å²) in [7, 11) is 2.06. The summed E-state index contributed by atoms with van der Waals surface area (Å²) in [6.45, 7) is 1.92. The Morgan fingerprint density at radius 1 is 1.59 bits per heavy atom. The third-order valence-electron chi connectivity index (χ3n) is 2.89. The van der Waals surface area contributed by atoms with E-state index in [1.807, 2.05) is 6.07 Å². The molecule has 1 saturated heterocycles. The molecule has 0 radical (unpaired) electrons. The van der Waals surface area contributed by atoms with Crippen LogP contribution in [0.1, 0.15) is 12.0 Å². The molecule has 1 aromatic carbocycles. The average molecular weight is 254 g/mol. The van der Waals surface area contributed by atoms with Crippen LogP contribution in [0.2, 0.25) is 5.02 Å². The van der Waals surface area contributed by atoms with Crippen molar-refractivity contribution in [1.29, 1.82) is 5.41 Å². The number of rotatable bonds is 3. The SMILES string of the molecule is CN1CCC(Oc2cccc(Cl)c2C(=N)N)C1. The van der Waals surface area contributed by atoms with Crippen molar-refractivity contribution in [3.8, 4) is 5.75 Å². The first kappa shape index (κ1) is 12.2. The lowest BCUT2D eigenvalue weighted by molar-refractivity contribution is 0.208.